The second-order valence-electron chi connectivity index (χ2n) is 4.35. The van der Waals surface area contributed by atoms with Crippen molar-refractivity contribution in [3.8, 4) is 0 Å². The number of nitrogens with two attached hydrogens (primary N) is 2. The fourth-order valence-corrected chi connectivity index (χ4v) is 1.95. The Morgan fingerprint density at radius 2 is 1.74 bits per heavy atom. The minimum absolute atomic E-state index is 0.208. The van der Waals surface area contributed by atoms with Gasteiger partial charge in [-0.1, -0.05) is 25.1 Å². The predicted octanol–water partition coefficient (Wildman–Crippen LogP) is 2.67. The second kappa shape index (κ2) is 5.44. The number of carbonyl (C=O) groups is 1. The first-order valence-electron chi connectivity index (χ1n) is 6.15. The van der Waals surface area contributed by atoms with Crippen molar-refractivity contribution in [2.75, 3.05) is 16.8 Å². The molecule has 0 unspecified atom stereocenters. The molecule has 2 aromatic rings. The highest BCUT2D eigenvalue weighted by atomic mass is 16.1. The van der Waals surface area contributed by atoms with E-state index >= 15 is 0 Å². The number of hydrogen-bond donors (Lipinski definition) is 3. The van der Waals surface area contributed by atoms with Gasteiger partial charge in [0.2, 0.25) is 0 Å². The molecule has 0 atom stereocenters. The summed E-state index contributed by atoms with van der Waals surface area (Å²) in [4.78, 5) is 12.2. The molecule has 0 saturated heterocycles. The molecule has 0 aliphatic heterocycles. The van der Waals surface area contributed by atoms with Crippen molar-refractivity contribution >= 4 is 23.0 Å². The average molecular weight is 255 g/mol. The summed E-state index contributed by atoms with van der Waals surface area (Å²) in [5, 5.41) is 2.88. The van der Waals surface area contributed by atoms with Gasteiger partial charge in [-0.05, 0) is 36.2 Å². The number of para-hydroxylation sites is 1. The van der Waals surface area contributed by atoms with E-state index < -0.39 is 0 Å². The molecule has 0 radical (unpaired) electrons. The lowest BCUT2D eigenvalue weighted by Gasteiger charge is -2.10. The summed E-state index contributed by atoms with van der Waals surface area (Å²) in [6.07, 6.45) is 0.857. The topological polar surface area (TPSA) is 81.1 Å². The lowest BCUT2D eigenvalue weighted by molar-refractivity contribution is 0.102. The van der Waals surface area contributed by atoms with Gasteiger partial charge in [-0.15, -0.1) is 0 Å². The maximum atomic E-state index is 12.2. The van der Waals surface area contributed by atoms with Gasteiger partial charge in [0.05, 0.1) is 0 Å². The number of nitrogen functional groups attached to an aromatic ring is 2. The third kappa shape index (κ3) is 3.04. The van der Waals surface area contributed by atoms with Crippen molar-refractivity contribution in [3.63, 3.8) is 0 Å². The normalized spacial score (nSPS) is 10.2. The maximum Gasteiger partial charge on any atom is 0.255 e. The Labute approximate surface area is 112 Å². The van der Waals surface area contributed by atoms with Crippen LogP contribution in [0.25, 0.3) is 0 Å². The number of anilines is 3. The van der Waals surface area contributed by atoms with Crippen LogP contribution in [-0.4, -0.2) is 5.91 Å². The van der Waals surface area contributed by atoms with Gasteiger partial charge in [-0.3, -0.25) is 4.79 Å². The van der Waals surface area contributed by atoms with E-state index in [4.69, 9.17) is 11.5 Å². The van der Waals surface area contributed by atoms with E-state index in [1.54, 1.807) is 18.2 Å². The van der Waals surface area contributed by atoms with Crippen LogP contribution in [0, 0.1) is 0 Å². The lowest BCUT2D eigenvalue weighted by atomic mass is 10.1. The van der Waals surface area contributed by atoms with Crippen LogP contribution in [0.2, 0.25) is 0 Å². The Hall–Kier alpha value is -2.49. The molecule has 1 amide bonds. The second-order valence-corrected chi connectivity index (χ2v) is 4.35. The molecule has 0 fully saturated rings. The number of aryl methyl sites for hydroxylation is 1. The van der Waals surface area contributed by atoms with Gasteiger partial charge in [-0.2, -0.15) is 0 Å². The van der Waals surface area contributed by atoms with Gasteiger partial charge >= 0.3 is 0 Å². The molecule has 2 rings (SSSR count). The van der Waals surface area contributed by atoms with Gasteiger partial charge < -0.3 is 16.8 Å². The monoisotopic (exact) mass is 255 g/mol. The molecule has 4 heteroatoms. The van der Waals surface area contributed by atoms with Crippen molar-refractivity contribution in [1.29, 1.82) is 0 Å². The fraction of sp³-hybridized carbons (Fsp3) is 0.133. The zero-order valence-corrected chi connectivity index (χ0v) is 10.8. The maximum absolute atomic E-state index is 12.2. The summed E-state index contributed by atoms with van der Waals surface area (Å²) in [7, 11) is 0. The highest BCUT2D eigenvalue weighted by Crippen LogP contribution is 2.19. The summed E-state index contributed by atoms with van der Waals surface area (Å²) < 4.78 is 0. The first kappa shape index (κ1) is 13.0. The fourth-order valence-electron chi connectivity index (χ4n) is 1.95. The summed E-state index contributed by atoms with van der Waals surface area (Å²) >= 11 is 0. The number of benzene rings is 2. The SMILES string of the molecule is CCc1ccccc1NC(=O)c1cc(N)cc(N)c1. The van der Waals surface area contributed by atoms with Crippen LogP contribution in [0.5, 0.6) is 0 Å². The number of hydrogen-bond acceptors (Lipinski definition) is 3. The molecular weight excluding hydrogens is 238 g/mol. The quantitative estimate of drug-likeness (QED) is 0.737. The Kier molecular flexibility index (Phi) is 3.71. The Balaban J connectivity index is 2.25. The van der Waals surface area contributed by atoms with E-state index in [1.165, 1.54) is 0 Å². The molecule has 0 saturated carbocycles. The zero-order chi connectivity index (χ0) is 13.8. The van der Waals surface area contributed by atoms with E-state index in [-0.39, 0.29) is 5.91 Å². The van der Waals surface area contributed by atoms with Crippen molar-refractivity contribution < 1.29 is 4.79 Å². The molecule has 4 nitrogen and oxygen atoms in total. The molecule has 5 N–H and O–H groups in total. The Bertz CT molecular complexity index is 588. The van der Waals surface area contributed by atoms with Gasteiger partial charge in [0.25, 0.3) is 5.91 Å². The number of carbonyl (C=O) groups excluding carboxylic acids is 1. The van der Waals surface area contributed by atoms with Crippen LogP contribution in [0.1, 0.15) is 22.8 Å². The van der Waals surface area contributed by atoms with Crippen LogP contribution in [0.15, 0.2) is 42.5 Å². The largest absolute Gasteiger partial charge is 0.399 e. The van der Waals surface area contributed by atoms with Crippen molar-refractivity contribution in [3.05, 3.63) is 53.6 Å². The van der Waals surface area contributed by atoms with Gasteiger partial charge in [0.1, 0.15) is 0 Å². The number of amides is 1. The number of rotatable bonds is 3. The third-order valence-electron chi connectivity index (χ3n) is 2.89. The summed E-state index contributed by atoms with van der Waals surface area (Å²) in [5.74, 6) is -0.208. The summed E-state index contributed by atoms with van der Waals surface area (Å²) in [6.45, 7) is 2.05. The molecule has 0 heterocycles. The molecule has 0 aliphatic carbocycles. The van der Waals surface area contributed by atoms with E-state index in [1.807, 2.05) is 31.2 Å². The van der Waals surface area contributed by atoms with E-state index in [9.17, 15) is 4.79 Å². The summed E-state index contributed by atoms with van der Waals surface area (Å²) in [6, 6.07) is 12.6. The van der Waals surface area contributed by atoms with Crippen molar-refractivity contribution in [2.24, 2.45) is 0 Å². The summed E-state index contributed by atoms with van der Waals surface area (Å²) in [5.41, 5.74) is 14.7. The van der Waals surface area contributed by atoms with Crippen LogP contribution in [0.4, 0.5) is 17.1 Å². The number of nitrogens with one attached hydrogen (secondary N) is 1. The lowest BCUT2D eigenvalue weighted by Crippen LogP contribution is -2.14. The molecule has 0 spiro atoms. The van der Waals surface area contributed by atoms with Gasteiger partial charge in [0, 0.05) is 22.6 Å². The van der Waals surface area contributed by atoms with Crippen molar-refractivity contribution in [1.82, 2.24) is 0 Å². The molecule has 0 aliphatic rings. The highest BCUT2D eigenvalue weighted by molar-refractivity contribution is 6.05. The standard InChI is InChI=1S/C15H17N3O/c1-2-10-5-3-4-6-14(10)18-15(19)11-7-12(16)9-13(17)8-11/h3-9H,2,16-17H2,1H3,(H,18,19). The Morgan fingerprint density at radius 3 is 2.37 bits per heavy atom. The van der Waals surface area contributed by atoms with Crippen LogP contribution in [-0.2, 0) is 6.42 Å². The highest BCUT2D eigenvalue weighted by Gasteiger charge is 2.09. The predicted molar refractivity (Wildman–Crippen MR) is 79.0 cm³/mol. The molecule has 0 bridgehead atoms. The van der Waals surface area contributed by atoms with Crippen LogP contribution < -0.4 is 16.8 Å². The van der Waals surface area contributed by atoms with E-state index in [2.05, 4.69) is 5.32 Å². The Morgan fingerprint density at radius 1 is 1.11 bits per heavy atom. The molecule has 2 aromatic carbocycles. The molecule has 0 aromatic heterocycles. The van der Waals surface area contributed by atoms with Crippen LogP contribution in [0.3, 0.4) is 0 Å². The minimum Gasteiger partial charge on any atom is -0.399 e. The smallest absolute Gasteiger partial charge is 0.255 e. The molecule has 19 heavy (non-hydrogen) atoms. The van der Waals surface area contributed by atoms with Gasteiger partial charge in [-0.25, -0.2) is 0 Å². The average Bonchev–Trinajstić information content (AvgIpc) is 2.38. The van der Waals surface area contributed by atoms with Crippen LogP contribution >= 0.6 is 0 Å². The molecule has 98 valence electrons. The minimum atomic E-state index is -0.208. The van der Waals surface area contributed by atoms with E-state index in [0.29, 0.717) is 16.9 Å². The van der Waals surface area contributed by atoms with Crippen molar-refractivity contribution in [2.45, 2.75) is 13.3 Å². The zero-order valence-electron chi connectivity index (χ0n) is 10.8. The third-order valence-corrected chi connectivity index (χ3v) is 2.89. The first-order chi connectivity index (χ1) is 9.10. The van der Waals surface area contributed by atoms with Gasteiger partial charge in [0.15, 0.2) is 0 Å². The molecular formula is C15H17N3O. The first-order valence-corrected chi connectivity index (χ1v) is 6.15. The van der Waals surface area contributed by atoms with E-state index in [0.717, 1.165) is 17.7 Å².